The molecule has 1 amide bonds. The van der Waals surface area contributed by atoms with Crippen molar-refractivity contribution in [3.8, 4) is 5.75 Å². The number of rotatable bonds is 7. The van der Waals surface area contributed by atoms with Gasteiger partial charge in [0.1, 0.15) is 5.75 Å². The third kappa shape index (κ3) is 4.19. The van der Waals surface area contributed by atoms with Gasteiger partial charge in [-0.3, -0.25) is 9.69 Å². The number of hydrogen-bond acceptors (Lipinski definition) is 4. The molecule has 1 heterocycles. The van der Waals surface area contributed by atoms with Crippen molar-refractivity contribution in [2.45, 2.75) is 37.9 Å². The largest absolute Gasteiger partial charge is 0.484 e. The minimum atomic E-state index is -0.456. The van der Waals surface area contributed by atoms with Crippen molar-refractivity contribution in [3.63, 3.8) is 0 Å². The van der Waals surface area contributed by atoms with Gasteiger partial charge in [-0.1, -0.05) is 12.1 Å². The molecule has 5 heteroatoms. The van der Waals surface area contributed by atoms with Gasteiger partial charge in [0.05, 0.1) is 0 Å². The van der Waals surface area contributed by atoms with E-state index in [0.717, 1.165) is 12.6 Å². The van der Waals surface area contributed by atoms with Gasteiger partial charge in [-0.05, 0) is 37.0 Å². The molecule has 1 aliphatic carbocycles. The van der Waals surface area contributed by atoms with Crippen molar-refractivity contribution in [1.82, 2.24) is 10.2 Å². The first-order chi connectivity index (χ1) is 10.2. The number of amides is 1. The number of nitrogens with one attached hydrogen (secondary N) is 1. The van der Waals surface area contributed by atoms with E-state index in [-0.39, 0.29) is 6.61 Å². The van der Waals surface area contributed by atoms with Gasteiger partial charge in [-0.2, -0.15) is 0 Å². The van der Waals surface area contributed by atoms with Gasteiger partial charge in [-0.25, -0.2) is 0 Å². The Balaban J connectivity index is 1.41. The Morgan fingerprint density at radius 3 is 2.71 bits per heavy atom. The van der Waals surface area contributed by atoms with E-state index < -0.39 is 5.91 Å². The van der Waals surface area contributed by atoms with Crippen molar-refractivity contribution < 1.29 is 9.53 Å². The van der Waals surface area contributed by atoms with Crippen molar-refractivity contribution in [1.29, 1.82) is 0 Å². The van der Waals surface area contributed by atoms with Crippen molar-refractivity contribution in [2.24, 2.45) is 5.73 Å². The second-order valence-corrected chi connectivity index (χ2v) is 5.99. The van der Waals surface area contributed by atoms with E-state index in [9.17, 15) is 4.79 Å². The monoisotopic (exact) mass is 289 g/mol. The molecule has 21 heavy (non-hydrogen) atoms. The van der Waals surface area contributed by atoms with E-state index in [1.165, 1.54) is 37.9 Å². The fraction of sp³-hybridized carbons (Fsp3) is 0.562. The van der Waals surface area contributed by atoms with Crippen LogP contribution in [0.15, 0.2) is 24.3 Å². The zero-order valence-corrected chi connectivity index (χ0v) is 12.3. The number of carbonyl (C=O) groups excluding carboxylic acids is 1. The molecule has 3 rings (SSSR count). The number of primary amides is 1. The summed E-state index contributed by atoms with van der Waals surface area (Å²) in [5.74, 6) is 0.223. The second kappa shape index (κ2) is 6.45. The van der Waals surface area contributed by atoms with E-state index in [1.54, 1.807) is 0 Å². The highest BCUT2D eigenvalue weighted by Crippen LogP contribution is 2.29. The summed E-state index contributed by atoms with van der Waals surface area (Å²) in [6.07, 6.45) is 4.02. The maximum absolute atomic E-state index is 10.7. The Bertz CT molecular complexity index is 485. The molecule has 2 aliphatic rings. The number of likely N-dealkylation sites (tertiary alicyclic amines) is 1. The van der Waals surface area contributed by atoms with Crippen LogP contribution in [0.2, 0.25) is 0 Å². The minimum absolute atomic E-state index is 0.0727. The van der Waals surface area contributed by atoms with Crippen LogP contribution in [0.25, 0.3) is 0 Å². The van der Waals surface area contributed by atoms with Gasteiger partial charge in [0, 0.05) is 31.7 Å². The Morgan fingerprint density at radius 2 is 2.05 bits per heavy atom. The molecule has 1 aromatic rings. The Labute approximate surface area is 125 Å². The highest BCUT2D eigenvalue weighted by atomic mass is 16.5. The number of nitrogens with two attached hydrogens (primary N) is 1. The lowest BCUT2D eigenvalue weighted by Gasteiger charge is -2.16. The summed E-state index contributed by atoms with van der Waals surface area (Å²) in [6.45, 7) is 3.22. The third-order valence-corrected chi connectivity index (χ3v) is 4.18. The molecule has 1 aromatic carbocycles. The van der Waals surface area contributed by atoms with Crippen LogP contribution in [-0.2, 0) is 11.3 Å². The Kier molecular flexibility index (Phi) is 4.41. The molecule has 2 fully saturated rings. The third-order valence-electron chi connectivity index (χ3n) is 4.18. The highest BCUT2D eigenvalue weighted by Gasteiger charge is 2.33. The van der Waals surface area contributed by atoms with Gasteiger partial charge in [0.25, 0.3) is 5.91 Å². The quantitative estimate of drug-likeness (QED) is 0.782. The summed E-state index contributed by atoms with van der Waals surface area (Å²) in [4.78, 5) is 13.3. The van der Waals surface area contributed by atoms with Crippen LogP contribution in [0.1, 0.15) is 24.8 Å². The van der Waals surface area contributed by atoms with Crippen LogP contribution in [0.4, 0.5) is 0 Å². The fourth-order valence-electron chi connectivity index (χ4n) is 2.85. The maximum atomic E-state index is 10.7. The van der Waals surface area contributed by atoms with Crippen LogP contribution in [0.3, 0.4) is 0 Å². The van der Waals surface area contributed by atoms with Crippen molar-refractivity contribution in [2.75, 3.05) is 19.7 Å². The molecule has 0 bridgehead atoms. The number of nitrogens with zero attached hydrogens (tertiary/aromatic N) is 1. The SMILES string of the molecule is NC(=O)COc1ccc(CNC2CCN(C3CC3)C2)cc1. The fourth-order valence-corrected chi connectivity index (χ4v) is 2.85. The summed E-state index contributed by atoms with van der Waals surface area (Å²) in [7, 11) is 0. The van der Waals surface area contributed by atoms with Crippen LogP contribution in [0, 0.1) is 0 Å². The summed E-state index contributed by atoms with van der Waals surface area (Å²) in [5, 5.41) is 3.62. The number of benzene rings is 1. The van der Waals surface area contributed by atoms with Crippen LogP contribution in [-0.4, -0.2) is 42.6 Å². The first-order valence-electron chi connectivity index (χ1n) is 7.68. The Morgan fingerprint density at radius 1 is 1.29 bits per heavy atom. The summed E-state index contributed by atoms with van der Waals surface area (Å²) < 4.78 is 5.25. The number of carbonyl (C=O) groups is 1. The van der Waals surface area contributed by atoms with Gasteiger partial charge in [-0.15, -0.1) is 0 Å². The van der Waals surface area contributed by atoms with E-state index in [2.05, 4.69) is 10.2 Å². The zero-order valence-electron chi connectivity index (χ0n) is 12.3. The summed E-state index contributed by atoms with van der Waals surface area (Å²) in [6, 6.07) is 9.29. The lowest BCUT2D eigenvalue weighted by molar-refractivity contribution is -0.119. The second-order valence-electron chi connectivity index (χ2n) is 5.99. The van der Waals surface area contributed by atoms with Gasteiger partial charge >= 0.3 is 0 Å². The molecule has 0 aromatic heterocycles. The van der Waals surface area contributed by atoms with E-state index >= 15 is 0 Å². The first kappa shape index (κ1) is 14.4. The normalized spacial score (nSPS) is 22.4. The van der Waals surface area contributed by atoms with E-state index in [0.29, 0.717) is 11.8 Å². The summed E-state index contributed by atoms with van der Waals surface area (Å²) in [5.41, 5.74) is 6.27. The minimum Gasteiger partial charge on any atom is -0.484 e. The molecule has 5 nitrogen and oxygen atoms in total. The molecular formula is C16H23N3O2. The van der Waals surface area contributed by atoms with Crippen LogP contribution in [0.5, 0.6) is 5.75 Å². The zero-order chi connectivity index (χ0) is 14.7. The molecule has 0 radical (unpaired) electrons. The number of hydrogen-bond donors (Lipinski definition) is 2. The van der Waals surface area contributed by atoms with Crippen molar-refractivity contribution >= 4 is 5.91 Å². The molecule has 0 spiro atoms. The van der Waals surface area contributed by atoms with Crippen molar-refractivity contribution in [3.05, 3.63) is 29.8 Å². The molecule has 1 unspecified atom stereocenters. The van der Waals surface area contributed by atoms with Crippen LogP contribution < -0.4 is 15.8 Å². The molecule has 1 saturated heterocycles. The molecule has 1 saturated carbocycles. The molecule has 3 N–H and O–H groups in total. The average Bonchev–Trinajstić information content (AvgIpc) is 3.23. The predicted molar refractivity (Wildman–Crippen MR) is 81.0 cm³/mol. The van der Waals surface area contributed by atoms with Gasteiger partial charge < -0.3 is 15.8 Å². The van der Waals surface area contributed by atoms with E-state index in [4.69, 9.17) is 10.5 Å². The topological polar surface area (TPSA) is 67.6 Å². The smallest absolute Gasteiger partial charge is 0.255 e. The lowest BCUT2D eigenvalue weighted by Crippen LogP contribution is -2.32. The van der Waals surface area contributed by atoms with E-state index in [1.807, 2.05) is 24.3 Å². The first-order valence-corrected chi connectivity index (χ1v) is 7.68. The maximum Gasteiger partial charge on any atom is 0.255 e. The highest BCUT2D eigenvalue weighted by molar-refractivity contribution is 5.75. The molecule has 114 valence electrons. The predicted octanol–water partition coefficient (Wildman–Crippen LogP) is 0.877. The number of ether oxygens (including phenoxy) is 1. The van der Waals surface area contributed by atoms with Gasteiger partial charge in [0.2, 0.25) is 0 Å². The van der Waals surface area contributed by atoms with Gasteiger partial charge in [0.15, 0.2) is 6.61 Å². The molecular weight excluding hydrogens is 266 g/mol. The summed E-state index contributed by atoms with van der Waals surface area (Å²) >= 11 is 0. The molecule has 1 aliphatic heterocycles. The van der Waals surface area contributed by atoms with Crippen LogP contribution >= 0.6 is 0 Å². The molecule has 1 atom stereocenters. The lowest BCUT2D eigenvalue weighted by atomic mass is 10.2. The average molecular weight is 289 g/mol. The standard InChI is InChI=1S/C16H23N3O2/c17-16(20)11-21-15-5-1-12(2-6-15)9-18-13-7-8-19(10-13)14-3-4-14/h1-2,5-6,13-14,18H,3-4,7-11H2,(H2,17,20). The Hall–Kier alpha value is -1.59.